The Morgan fingerprint density at radius 2 is 1.71 bits per heavy atom. The van der Waals surface area contributed by atoms with Gasteiger partial charge in [-0.1, -0.05) is 12.1 Å². The van der Waals surface area contributed by atoms with Crippen LogP contribution >= 0.6 is 0 Å². The molecule has 0 aliphatic heterocycles. The van der Waals surface area contributed by atoms with Crippen molar-refractivity contribution in [3.05, 3.63) is 89.2 Å². The minimum absolute atomic E-state index is 0.202. The van der Waals surface area contributed by atoms with Gasteiger partial charge in [-0.3, -0.25) is 14.5 Å². The Labute approximate surface area is 164 Å². The molecule has 0 aliphatic carbocycles. The molecule has 7 heteroatoms. The summed E-state index contributed by atoms with van der Waals surface area (Å²) in [6.45, 7) is 4.12. The molecule has 1 amide bonds. The van der Waals surface area contributed by atoms with Gasteiger partial charge in [0.05, 0.1) is 17.1 Å². The molecule has 0 fully saturated rings. The van der Waals surface area contributed by atoms with Crippen molar-refractivity contribution in [2.45, 2.75) is 25.3 Å². The summed E-state index contributed by atoms with van der Waals surface area (Å²) < 4.78 is 27.6. The second kappa shape index (κ2) is 8.22. The lowest BCUT2D eigenvalue weighted by atomic mass is 10.1. The molecule has 0 bridgehead atoms. The smallest absolute Gasteiger partial charge is 0.261 e. The van der Waals surface area contributed by atoms with Crippen LogP contribution in [0.5, 0.6) is 0 Å². The summed E-state index contributed by atoms with van der Waals surface area (Å²) in [7, 11) is -3.69. The molecule has 0 unspecified atom stereocenters. The lowest BCUT2D eigenvalue weighted by Gasteiger charge is -2.10. The number of pyridine rings is 1. The third kappa shape index (κ3) is 4.75. The van der Waals surface area contributed by atoms with Gasteiger partial charge in [-0.2, -0.15) is 0 Å². The maximum Gasteiger partial charge on any atom is 0.261 e. The molecule has 2 aromatic carbocycles. The Morgan fingerprint density at radius 1 is 0.964 bits per heavy atom. The minimum atomic E-state index is -3.69. The highest BCUT2D eigenvalue weighted by molar-refractivity contribution is 7.92. The number of nitrogens with one attached hydrogen (secondary N) is 2. The Bertz CT molecular complexity index is 1080. The number of nitrogens with zero attached hydrogens (tertiary/aromatic N) is 1. The molecule has 3 aromatic rings. The van der Waals surface area contributed by atoms with Crippen LogP contribution in [-0.4, -0.2) is 19.3 Å². The minimum Gasteiger partial charge on any atom is -0.346 e. The normalized spacial score (nSPS) is 11.1. The molecule has 1 heterocycles. The lowest BCUT2D eigenvalue weighted by molar-refractivity contribution is 0.0950. The van der Waals surface area contributed by atoms with Gasteiger partial charge in [0.2, 0.25) is 0 Å². The van der Waals surface area contributed by atoms with Crippen molar-refractivity contribution in [3.8, 4) is 0 Å². The van der Waals surface area contributed by atoms with Crippen molar-refractivity contribution in [3.63, 3.8) is 0 Å². The fourth-order valence-corrected chi connectivity index (χ4v) is 3.70. The van der Waals surface area contributed by atoms with Crippen LogP contribution in [0, 0.1) is 13.8 Å². The molecule has 0 saturated carbocycles. The maximum absolute atomic E-state index is 12.5. The zero-order valence-electron chi connectivity index (χ0n) is 15.6. The van der Waals surface area contributed by atoms with Crippen LogP contribution < -0.4 is 10.0 Å². The highest BCUT2D eigenvalue weighted by Crippen LogP contribution is 2.19. The molecule has 1 aromatic heterocycles. The Morgan fingerprint density at radius 3 is 2.36 bits per heavy atom. The van der Waals surface area contributed by atoms with Gasteiger partial charge in [0.25, 0.3) is 15.9 Å². The summed E-state index contributed by atoms with van der Waals surface area (Å²) in [6, 6.07) is 16.7. The van der Waals surface area contributed by atoms with Gasteiger partial charge >= 0.3 is 0 Å². The second-order valence-electron chi connectivity index (χ2n) is 6.43. The van der Waals surface area contributed by atoms with Crippen molar-refractivity contribution in [2.75, 3.05) is 4.72 Å². The number of carbonyl (C=O) groups excluding carboxylic acids is 1. The van der Waals surface area contributed by atoms with E-state index in [0.717, 1.165) is 16.8 Å². The van der Waals surface area contributed by atoms with E-state index < -0.39 is 10.0 Å². The first kappa shape index (κ1) is 19.6. The first-order chi connectivity index (χ1) is 13.3. The zero-order valence-corrected chi connectivity index (χ0v) is 16.5. The summed E-state index contributed by atoms with van der Waals surface area (Å²) in [6.07, 6.45) is 1.66. The van der Waals surface area contributed by atoms with Gasteiger partial charge in [0, 0.05) is 17.4 Å². The number of amides is 1. The highest BCUT2D eigenvalue weighted by Gasteiger charge is 2.15. The number of anilines is 1. The van der Waals surface area contributed by atoms with Gasteiger partial charge in [0.15, 0.2) is 0 Å². The van der Waals surface area contributed by atoms with E-state index in [1.807, 2.05) is 32.0 Å². The number of rotatable bonds is 6. The largest absolute Gasteiger partial charge is 0.346 e. The van der Waals surface area contributed by atoms with Crippen molar-refractivity contribution in [1.29, 1.82) is 0 Å². The number of hydrogen-bond acceptors (Lipinski definition) is 4. The predicted octanol–water partition coefficient (Wildman–Crippen LogP) is 3.43. The second-order valence-corrected chi connectivity index (χ2v) is 8.12. The number of aryl methyl sites for hydroxylation is 2. The molecule has 0 saturated heterocycles. The molecule has 3 rings (SSSR count). The van der Waals surface area contributed by atoms with Gasteiger partial charge in [-0.05, 0) is 73.5 Å². The highest BCUT2D eigenvalue weighted by atomic mass is 32.2. The summed E-state index contributed by atoms with van der Waals surface area (Å²) in [5.74, 6) is -0.255. The van der Waals surface area contributed by atoms with E-state index >= 15 is 0 Å². The molecule has 0 spiro atoms. The Hall–Kier alpha value is -3.19. The summed E-state index contributed by atoms with van der Waals surface area (Å²) in [5, 5.41) is 2.78. The average molecular weight is 395 g/mol. The standard InChI is InChI=1S/C21H21N3O3S/c1-15-6-11-20(13-16(15)2)28(26,27)24-18-9-7-17(8-10-18)21(25)23-14-19-5-3-4-12-22-19/h3-13,24H,14H2,1-2H3,(H,23,25). The zero-order chi connectivity index (χ0) is 20.1. The van der Waals surface area contributed by atoms with Crippen LogP contribution in [0.15, 0.2) is 71.8 Å². The summed E-state index contributed by atoms with van der Waals surface area (Å²) in [5.41, 5.74) is 3.51. The van der Waals surface area contributed by atoms with Crippen LogP contribution in [0.4, 0.5) is 5.69 Å². The van der Waals surface area contributed by atoms with Crippen molar-refractivity contribution in [1.82, 2.24) is 10.3 Å². The third-order valence-corrected chi connectivity index (χ3v) is 5.72. The van der Waals surface area contributed by atoms with Gasteiger partial charge in [0.1, 0.15) is 0 Å². The van der Waals surface area contributed by atoms with Crippen molar-refractivity contribution >= 4 is 21.6 Å². The molecule has 144 valence electrons. The van der Waals surface area contributed by atoms with Crippen molar-refractivity contribution < 1.29 is 13.2 Å². The van der Waals surface area contributed by atoms with Crippen LogP contribution in [0.3, 0.4) is 0 Å². The van der Waals surface area contributed by atoms with E-state index in [9.17, 15) is 13.2 Å². The Kier molecular flexibility index (Phi) is 5.75. The predicted molar refractivity (Wildman–Crippen MR) is 109 cm³/mol. The first-order valence-electron chi connectivity index (χ1n) is 8.73. The Balaban J connectivity index is 1.66. The lowest BCUT2D eigenvalue weighted by Crippen LogP contribution is -2.23. The number of hydrogen-bond donors (Lipinski definition) is 2. The summed E-state index contributed by atoms with van der Waals surface area (Å²) in [4.78, 5) is 16.6. The van der Waals surface area contributed by atoms with Crippen LogP contribution in [0.2, 0.25) is 0 Å². The monoisotopic (exact) mass is 395 g/mol. The molecule has 28 heavy (non-hydrogen) atoms. The number of benzene rings is 2. The van der Waals surface area contributed by atoms with Crippen molar-refractivity contribution in [2.24, 2.45) is 0 Å². The number of carbonyl (C=O) groups is 1. The van der Waals surface area contributed by atoms with Gasteiger partial charge in [-0.25, -0.2) is 8.42 Å². The van der Waals surface area contributed by atoms with E-state index in [0.29, 0.717) is 17.8 Å². The van der Waals surface area contributed by atoms with Crippen LogP contribution in [0.1, 0.15) is 27.2 Å². The van der Waals surface area contributed by atoms with Gasteiger partial charge in [-0.15, -0.1) is 0 Å². The maximum atomic E-state index is 12.5. The van der Waals surface area contributed by atoms with E-state index in [-0.39, 0.29) is 10.8 Å². The number of aromatic nitrogens is 1. The van der Waals surface area contributed by atoms with E-state index in [4.69, 9.17) is 0 Å². The SMILES string of the molecule is Cc1ccc(S(=O)(=O)Nc2ccc(C(=O)NCc3ccccn3)cc2)cc1C. The number of sulfonamides is 1. The van der Waals surface area contributed by atoms with Crippen LogP contribution in [0.25, 0.3) is 0 Å². The molecule has 2 N–H and O–H groups in total. The average Bonchev–Trinajstić information content (AvgIpc) is 2.69. The molecule has 0 aliphatic rings. The molecule has 0 radical (unpaired) electrons. The fraction of sp³-hybridized carbons (Fsp3) is 0.143. The van der Waals surface area contributed by atoms with Crippen LogP contribution in [-0.2, 0) is 16.6 Å². The molecule has 6 nitrogen and oxygen atoms in total. The summed E-state index contributed by atoms with van der Waals surface area (Å²) >= 11 is 0. The quantitative estimate of drug-likeness (QED) is 0.669. The van der Waals surface area contributed by atoms with Gasteiger partial charge < -0.3 is 5.32 Å². The first-order valence-corrected chi connectivity index (χ1v) is 10.2. The van der Waals surface area contributed by atoms with E-state index in [2.05, 4.69) is 15.0 Å². The molecular formula is C21H21N3O3S. The van der Waals surface area contributed by atoms with E-state index in [1.54, 1.807) is 48.7 Å². The topological polar surface area (TPSA) is 88.2 Å². The molecular weight excluding hydrogens is 374 g/mol. The van der Waals surface area contributed by atoms with E-state index in [1.165, 1.54) is 0 Å². The fourth-order valence-electron chi connectivity index (χ4n) is 2.56. The molecule has 0 atom stereocenters. The third-order valence-electron chi connectivity index (χ3n) is 4.34.